The van der Waals surface area contributed by atoms with Gasteiger partial charge in [-0.3, -0.25) is 14.5 Å². The summed E-state index contributed by atoms with van der Waals surface area (Å²) in [7, 11) is 1.61. The van der Waals surface area contributed by atoms with Gasteiger partial charge in [0.15, 0.2) is 5.82 Å². The summed E-state index contributed by atoms with van der Waals surface area (Å²) in [4.78, 5) is 30.3. The van der Waals surface area contributed by atoms with Crippen LogP contribution >= 0.6 is 0 Å². The fourth-order valence-electron chi connectivity index (χ4n) is 4.28. The molecular weight excluding hydrogens is 460 g/mol. The summed E-state index contributed by atoms with van der Waals surface area (Å²) in [5.74, 6) is 0.849. The van der Waals surface area contributed by atoms with Gasteiger partial charge < -0.3 is 14.5 Å². The molecule has 0 fully saturated rings. The van der Waals surface area contributed by atoms with Crippen LogP contribution in [0.2, 0.25) is 0 Å². The number of hydrogen-bond acceptors (Lipinski definition) is 8. The first-order valence-corrected chi connectivity index (χ1v) is 11.9. The standard InChI is InChI=1S/C26H30N6O4/c1-4-23(25-28-29-30-32(25)17-24(33)36-5-2)31(15-18-9-7-6-8-10-18)16-20-13-19-14-21(35-3)11-12-22(19)27-26(20)34/h6-14,23H,4-5,15-17H2,1-3H3,(H,27,34). The lowest BCUT2D eigenvalue weighted by atomic mass is 10.1. The average Bonchev–Trinajstić information content (AvgIpc) is 3.32. The van der Waals surface area contributed by atoms with Crippen molar-refractivity contribution in [2.45, 2.75) is 45.9 Å². The third-order valence-corrected chi connectivity index (χ3v) is 6.00. The third-order valence-electron chi connectivity index (χ3n) is 6.00. The molecule has 10 heteroatoms. The second-order valence-corrected chi connectivity index (χ2v) is 8.39. The smallest absolute Gasteiger partial charge is 0.327 e. The molecule has 10 nitrogen and oxygen atoms in total. The van der Waals surface area contributed by atoms with Gasteiger partial charge in [0, 0.05) is 29.6 Å². The molecule has 1 unspecified atom stereocenters. The topological polar surface area (TPSA) is 115 Å². The Balaban J connectivity index is 1.71. The van der Waals surface area contributed by atoms with E-state index in [1.807, 2.05) is 61.5 Å². The molecule has 188 valence electrons. The number of ether oxygens (including phenoxy) is 2. The van der Waals surface area contributed by atoms with Gasteiger partial charge in [-0.1, -0.05) is 37.3 Å². The van der Waals surface area contributed by atoms with E-state index >= 15 is 0 Å². The number of pyridine rings is 1. The highest BCUT2D eigenvalue weighted by atomic mass is 16.5. The van der Waals surface area contributed by atoms with Crippen LogP contribution in [0.4, 0.5) is 0 Å². The van der Waals surface area contributed by atoms with Gasteiger partial charge >= 0.3 is 5.97 Å². The summed E-state index contributed by atoms with van der Waals surface area (Å²) in [5, 5.41) is 13.0. The van der Waals surface area contributed by atoms with Crippen molar-refractivity contribution in [1.82, 2.24) is 30.1 Å². The van der Waals surface area contributed by atoms with Gasteiger partial charge in [-0.25, -0.2) is 4.68 Å². The quantitative estimate of drug-likeness (QED) is 0.319. The van der Waals surface area contributed by atoms with E-state index in [-0.39, 0.29) is 24.8 Å². The van der Waals surface area contributed by atoms with Crippen molar-refractivity contribution in [3.8, 4) is 5.75 Å². The van der Waals surface area contributed by atoms with Gasteiger partial charge in [0.25, 0.3) is 5.56 Å². The first-order chi connectivity index (χ1) is 17.5. The zero-order chi connectivity index (χ0) is 25.5. The number of nitrogens with zero attached hydrogens (tertiary/aromatic N) is 5. The summed E-state index contributed by atoms with van der Waals surface area (Å²) in [6.07, 6.45) is 0.662. The van der Waals surface area contributed by atoms with Crippen LogP contribution in [0, 0.1) is 0 Å². The summed E-state index contributed by atoms with van der Waals surface area (Å²) in [5.41, 5.74) is 2.27. The number of esters is 1. The Hall–Kier alpha value is -4.05. The number of H-pyrrole nitrogens is 1. The summed E-state index contributed by atoms with van der Waals surface area (Å²) in [6.45, 7) is 4.89. The zero-order valence-electron chi connectivity index (χ0n) is 20.7. The minimum absolute atomic E-state index is 0.0811. The van der Waals surface area contributed by atoms with E-state index in [2.05, 4.69) is 25.4 Å². The van der Waals surface area contributed by atoms with Crippen LogP contribution in [0.15, 0.2) is 59.4 Å². The number of nitrogens with one attached hydrogen (secondary N) is 1. The molecule has 4 aromatic rings. The van der Waals surface area contributed by atoms with Crippen molar-refractivity contribution >= 4 is 16.9 Å². The number of rotatable bonds is 11. The minimum atomic E-state index is -0.407. The molecule has 2 aromatic carbocycles. The Labute approximate surface area is 208 Å². The van der Waals surface area contributed by atoms with Crippen LogP contribution in [-0.4, -0.2) is 49.8 Å². The number of tetrazole rings is 1. The highest BCUT2D eigenvalue weighted by Crippen LogP contribution is 2.27. The molecule has 0 spiro atoms. The molecule has 4 rings (SSSR count). The normalized spacial score (nSPS) is 12.1. The number of carbonyl (C=O) groups excluding carboxylic acids is 1. The maximum absolute atomic E-state index is 13.0. The highest BCUT2D eigenvalue weighted by Gasteiger charge is 2.27. The van der Waals surface area contributed by atoms with E-state index < -0.39 is 5.97 Å². The SMILES string of the molecule is CCOC(=O)Cn1nnnc1C(CC)N(Cc1ccccc1)Cc1cc2cc(OC)ccc2[nH]c1=O. The van der Waals surface area contributed by atoms with E-state index in [9.17, 15) is 9.59 Å². The molecule has 2 heterocycles. The van der Waals surface area contributed by atoms with Gasteiger partial charge in [0.05, 0.1) is 19.8 Å². The Kier molecular flexibility index (Phi) is 8.06. The summed E-state index contributed by atoms with van der Waals surface area (Å²) in [6, 6.07) is 17.2. The second-order valence-electron chi connectivity index (χ2n) is 8.39. The maximum Gasteiger partial charge on any atom is 0.327 e. The monoisotopic (exact) mass is 490 g/mol. The lowest BCUT2D eigenvalue weighted by Crippen LogP contribution is -2.33. The number of aromatic amines is 1. The molecule has 0 bridgehead atoms. The molecule has 1 atom stereocenters. The molecule has 0 saturated heterocycles. The van der Waals surface area contributed by atoms with Crippen LogP contribution in [0.25, 0.3) is 10.9 Å². The fourth-order valence-corrected chi connectivity index (χ4v) is 4.28. The number of benzene rings is 2. The molecule has 0 aliphatic rings. The lowest BCUT2D eigenvalue weighted by Gasteiger charge is -2.30. The van der Waals surface area contributed by atoms with Gasteiger partial charge in [-0.2, -0.15) is 0 Å². The highest BCUT2D eigenvalue weighted by molar-refractivity contribution is 5.80. The molecule has 0 amide bonds. The van der Waals surface area contributed by atoms with Crippen LogP contribution in [-0.2, 0) is 29.2 Å². The maximum atomic E-state index is 13.0. The van der Waals surface area contributed by atoms with Crippen LogP contribution in [0.3, 0.4) is 0 Å². The van der Waals surface area contributed by atoms with Gasteiger partial charge in [-0.05, 0) is 53.6 Å². The fraction of sp³-hybridized carbons (Fsp3) is 0.346. The molecule has 2 aromatic heterocycles. The van der Waals surface area contributed by atoms with Crippen LogP contribution in [0.5, 0.6) is 5.75 Å². The van der Waals surface area contributed by atoms with Gasteiger partial charge in [0.2, 0.25) is 0 Å². The second kappa shape index (κ2) is 11.6. The average molecular weight is 491 g/mol. The molecule has 0 saturated carbocycles. The van der Waals surface area contributed by atoms with Crippen molar-refractivity contribution < 1.29 is 14.3 Å². The zero-order valence-corrected chi connectivity index (χ0v) is 20.7. The number of carbonyl (C=O) groups is 1. The van der Waals surface area contributed by atoms with E-state index in [0.29, 0.717) is 36.6 Å². The first-order valence-electron chi connectivity index (χ1n) is 11.9. The van der Waals surface area contributed by atoms with Crippen LogP contribution < -0.4 is 10.3 Å². The Morgan fingerprint density at radius 1 is 1.11 bits per heavy atom. The van der Waals surface area contributed by atoms with Crippen LogP contribution in [0.1, 0.15) is 43.3 Å². The Morgan fingerprint density at radius 2 is 1.92 bits per heavy atom. The Bertz CT molecular complexity index is 1370. The number of fused-ring (bicyclic) bond motifs is 1. The van der Waals surface area contributed by atoms with Gasteiger partial charge in [-0.15, -0.1) is 5.10 Å². The number of aromatic nitrogens is 5. The molecule has 0 radical (unpaired) electrons. The molecular formula is C26H30N6O4. The number of hydrogen-bond donors (Lipinski definition) is 1. The predicted octanol–water partition coefficient (Wildman–Crippen LogP) is 3.24. The lowest BCUT2D eigenvalue weighted by molar-refractivity contribution is -0.144. The molecule has 0 aliphatic heterocycles. The van der Waals surface area contributed by atoms with E-state index in [1.165, 1.54) is 4.68 Å². The molecule has 36 heavy (non-hydrogen) atoms. The summed E-state index contributed by atoms with van der Waals surface area (Å²) < 4.78 is 11.9. The number of methoxy groups -OCH3 is 1. The molecule has 1 N–H and O–H groups in total. The molecule has 0 aliphatic carbocycles. The van der Waals surface area contributed by atoms with Crippen molar-refractivity contribution in [3.05, 3.63) is 81.9 Å². The van der Waals surface area contributed by atoms with Gasteiger partial charge in [0.1, 0.15) is 12.3 Å². The van der Waals surface area contributed by atoms with Crippen molar-refractivity contribution in [3.63, 3.8) is 0 Å². The minimum Gasteiger partial charge on any atom is -0.497 e. The van der Waals surface area contributed by atoms with E-state index in [4.69, 9.17) is 9.47 Å². The van der Waals surface area contributed by atoms with E-state index in [1.54, 1.807) is 14.0 Å². The first kappa shape index (κ1) is 25.1. The van der Waals surface area contributed by atoms with Crippen molar-refractivity contribution in [2.24, 2.45) is 0 Å². The van der Waals surface area contributed by atoms with Crippen molar-refractivity contribution in [1.29, 1.82) is 0 Å². The van der Waals surface area contributed by atoms with E-state index in [0.717, 1.165) is 16.5 Å². The third kappa shape index (κ3) is 5.77. The summed E-state index contributed by atoms with van der Waals surface area (Å²) >= 11 is 0. The largest absolute Gasteiger partial charge is 0.497 e. The predicted molar refractivity (Wildman–Crippen MR) is 134 cm³/mol. The van der Waals surface area contributed by atoms with Crippen molar-refractivity contribution in [2.75, 3.05) is 13.7 Å². The Morgan fingerprint density at radius 3 is 2.64 bits per heavy atom.